The Morgan fingerprint density at radius 1 is 1.41 bits per heavy atom. The molecule has 17 heavy (non-hydrogen) atoms. The predicted octanol–water partition coefficient (Wildman–Crippen LogP) is 2.57. The Balaban J connectivity index is 2.73. The molecule has 1 amide bonds. The minimum Gasteiger partial charge on any atom is -0.398 e. The molecule has 0 heterocycles. The number of anilines is 1. The fraction of sp³-hybridized carbons (Fsp3) is 0.462. The molecule has 0 aromatic heterocycles. The number of nitrogens with two attached hydrogens (primary N) is 1. The Bertz CT molecular complexity index is 404. The van der Waals surface area contributed by atoms with Crippen molar-refractivity contribution < 1.29 is 9.18 Å². The van der Waals surface area contributed by atoms with Crippen molar-refractivity contribution in [2.75, 3.05) is 5.73 Å². The SMILES string of the molecule is CC(C)CC(C)NC(=O)c1cc(F)ccc1N. The molecule has 1 aromatic carbocycles. The van der Waals surface area contributed by atoms with Crippen LogP contribution in [0.2, 0.25) is 0 Å². The van der Waals surface area contributed by atoms with Crippen molar-refractivity contribution in [3.63, 3.8) is 0 Å². The lowest BCUT2D eigenvalue weighted by molar-refractivity contribution is 0.0936. The van der Waals surface area contributed by atoms with Crippen molar-refractivity contribution in [3.8, 4) is 0 Å². The van der Waals surface area contributed by atoms with Gasteiger partial charge in [0.25, 0.3) is 5.91 Å². The van der Waals surface area contributed by atoms with Crippen LogP contribution in [0, 0.1) is 11.7 Å². The molecule has 0 aliphatic carbocycles. The van der Waals surface area contributed by atoms with E-state index in [2.05, 4.69) is 19.2 Å². The number of halogens is 1. The average Bonchev–Trinajstić information content (AvgIpc) is 2.20. The monoisotopic (exact) mass is 238 g/mol. The highest BCUT2D eigenvalue weighted by Gasteiger charge is 2.14. The molecule has 0 fully saturated rings. The summed E-state index contributed by atoms with van der Waals surface area (Å²) in [6.07, 6.45) is 0.876. The maximum Gasteiger partial charge on any atom is 0.253 e. The first kappa shape index (κ1) is 13.5. The maximum absolute atomic E-state index is 13.0. The van der Waals surface area contributed by atoms with E-state index >= 15 is 0 Å². The van der Waals surface area contributed by atoms with E-state index in [1.807, 2.05) is 6.92 Å². The van der Waals surface area contributed by atoms with Gasteiger partial charge in [-0.25, -0.2) is 4.39 Å². The zero-order chi connectivity index (χ0) is 13.0. The van der Waals surface area contributed by atoms with Crippen LogP contribution >= 0.6 is 0 Å². The lowest BCUT2D eigenvalue weighted by Crippen LogP contribution is -2.34. The van der Waals surface area contributed by atoms with Crippen LogP contribution in [0.3, 0.4) is 0 Å². The smallest absolute Gasteiger partial charge is 0.253 e. The van der Waals surface area contributed by atoms with Crippen molar-refractivity contribution in [2.45, 2.75) is 33.2 Å². The molecule has 1 unspecified atom stereocenters. The standard InChI is InChI=1S/C13H19FN2O/c1-8(2)6-9(3)16-13(17)11-7-10(14)4-5-12(11)15/h4-5,7-9H,6,15H2,1-3H3,(H,16,17). The molecule has 1 rings (SSSR count). The number of hydrogen-bond acceptors (Lipinski definition) is 2. The molecule has 4 heteroatoms. The molecule has 0 saturated carbocycles. The van der Waals surface area contributed by atoms with E-state index < -0.39 is 5.82 Å². The zero-order valence-corrected chi connectivity index (χ0v) is 10.5. The summed E-state index contributed by atoms with van der Waals surface area (Å²) in [4.78, 5) is 11.9. The number of carbonyl (C=O) groups excluding carboxylic acids is 1. The summed E-state index contributed by atoms with van der Waals surface area (Å²) in [6.45, 7) is 6.09. The van der Waals surface area contributed by atoms with E-state index in [0.717, 1.165) is 12.5 Å². The van der Waals surface area contributed by atoms with Crippen molar-refractivity contribution in [2.24, 2.45) is 5.92 Å². The highest BCUT2D eigenvalue weighted by atomic mass is 19.1. The molecule has 0 spiro atoms. The first-order valence-electron chi connectivity index (χ1n) is 5.76. The molecule has 0 saturated heterocycles. The number of hydrogen-bond donors (Lipinski definition) is 2. The Morgan fingerprint density at radius 2 is 2.06 bits per heavy atom. The number of amides is 1. The van der Waals surface area contributed by atoms with E-state index in [0.29, 0.717) is 11.6 Å². The van der Waals surface area contributed by atoms with Crippen LogP contribution in [0.25, 0.3) is 0 Å². The van der Waals surface area contributed by atoms with Crippen LogP contribution in [0.1, 0.15) is 37.6 Å². The number of benzene rings is 1. The van der Waals surface area contributed by atoms with Crippen molar-refractivity contribution >= 4 is 11.6 Å². The van der Waals surface area contributed by atoms with Crippen molar-refractivity contribution in [1.29, 1.82) is 0 Å². The summed E-state index contributed by atoms with van der Waals surface area (Å²) in [6, 6.07) is 3.85. The van der Waals surface area contributed by atoms with Crippen molar-refractivity contribution in [3.05, 3.63) is 29.6 Å². The normalized spacial score (nSPS) is 12.5. The van der Waals surface area contributed by atoms with Gasteiger partial charge in [-0.1, -0.05) is 13.8 Å². The van der Waals surface area contributed by atoms with Gasteiger partial charge in [0.2, 0.25) is 0 Å². The quantitative estimate of drug-likeness (QED) is 0.792. The van der Waals surface area contributed by atoms with Gasteiger partial charge < -0.3 is 11.1 Å². The summed E-state index contributed by atoms with van der Waals surface area (Å²) in [5, 5.41) is 2.81. The molecule has 3 N–H and O–H groups in total. The van der Waals surface area contributed by atoms with E-state index in [1.165, 1.54) is 12.1 Å². The van der Waals surface area contributed by atoms with Crippen LogP contribution in [0.4, 0.5) is 10.1 Å². The second-order valence-electron chi connectivity index (χ2n) is 4.74. The predicted molar refractivity (Wildman–Crippen MR) is 67.2 cm³/mol. The van der Waals surface area contributed by atoms with Gasteiger partial charge in [-0.05, 0) is 37.5 Å². The first-order valence-corrected chi connectivity index (χ1v) is 5.76. The van der Waals surface area contributed by atoms with Crippen LogP contribution in [-0.4, -0.2) is 11.9 Å². The number of carbonyl (C=O) groups is 1. The van der Waals surface area contributed by atoms with Gasteiger partial charge in [-0.15, -0.1) is 0 Å². The zero-order valence-electron chi connectivity index (χ0n) is 10.5. The van der Waals surface area contributed by atoms with E-state index in [9.17, 15) is 9.18 Å². The van der Waals surface area contributed by atoms with Gasteiger partial charge in [0, 0.05) is 11.7 Å². The highest BCUT2D eigenvalue weighted by molar-refractivity contribution is 5.99. The van der Waals surface area contributed by atoms with Gasteiger partial charge in [-0.2, -0.15) is 0 Å². The van der Waals surface area contributed by atoms with Crippen LogP contribution < -0.4 is 11.1 Å². The second kappa shape index (κ2) is 5.66. The van der Waals surface area contributed by atoms with E-state index in [1.54, 1.807) is 0 Å². The van der Waals surface area contributed by atoms with Gasteiger partial charge in [0.1, 0.15) is 5.82 Å². The Kier molecular flexibility index (Phi) is 4.49. The molecule has 1 aromatic rings. The number of rotatable bonds is 4. The fourth-order valence-corrected chi connectivity index (χ4v) is 1.79. The topological polar surface area (TPSA) is 55.1 Å². The molecule has 0 aliphatic heterocycles. The summed E-state index contributed by atoms with van der Waals surface area (Å²) < 4.78 is 13.0. The van der Waals surface area contributed by atoms with Crippen LogP contribution in [-0.2, 0) is 0 Å². The Labute approximate surface area is 101 Å². The molecule has 3 nitrogen and oxygen atoms in total. The summed E-state index contributed by atoms with van der Waals surface area (Å²) in [5.74, 6) is -0.286. The fourth-order valence-electron chi connectivity index (χ4n) is 1.79. The third kappa shape index (κ3) is 4.06. The summed E-state index contributed by atoms with van der Waals surface area (Å²) in [5.41, 5.74) is 6.13. The van der Waals surface area contributed by atoms with Crippen LogP contribution in [0.5, 0.6) is 0 Å². The first-order chi connectivity index (χ1) is 7.90. The number of nitrogens with one attached hydrogen (secondary N) is 1. The minimum atomic E-state index is -0.458. The van der Waals surface area contributed by atoms with Crippen molar-refractivity contribution in [1.82, 2.24) is 5.32 Å². The van der Waals surface area contributed by atoms with Gasteiger partial charge in [-0.3, -0.25) is 4.79 Å². The van der Waals surface area contributed by atoms with Gasteiger partial charge in [0.05, 0.1) is 5.56 Å². The molecule has 0 radical (unpaired) electrons. The maximum atomic E-state index is 13.0. The lowest BCUT2D eigenvalue weighted by atomic mass is 10.0. The van der Waals surface area contributed by atoms with E-state index in [4.69, 9.17) is 5.73 Å². The third-order valence-electron chi connectivity index (χ3n) is 2.46. The van der Waals surface area contributed by atoms with Gasteiger partial charge >= 0.3 is 0 Å². The molecular formula is C13H19FN2O. The minimum absolute atomic E-state index is 0.0465. The molecular weight excluding hydrogens is 219 g/mol. The lowest BCUT2D eigenvalue weighted by Gasteiger charge is -2.16. The largest absolute Gasteiger partial charge is 0.398 e. The Hall–Kier alpha value is -1.58. The summed E-state index contributed by atoms with van der Waals surface area (Å²) in [7, 11) is 0. The third-order valence-corrected chi connectivity index (χ3v) is 2.46. The van der Waals surface area contributed by atoms with Gasteiger partial charge in [0.15, 0.2) is 0 Å². The average molecular weight is 238 g/mol. The van der Waals surface area contributed by atoms with Crippen LogP contribution in [0.15, 0.2) is 18.2 Å². The number of nitrogen functional groups attached to an aromatic ring is 1. The molecule has 0 bridgehead atoms. The second-order valence-corrected chi connectivity index (χ2v) is 4.74. The summed E-state index contributed by atoms with van der Waals surface area (Å²) >= 11 is 0. The molecule has 1 atom stereocenters. The Morgan fingerprint density at radius 3 is 2.65 bits per heavy atom. The molecule has 94 valence electrons. The molecule has 0 aliphatic rings. The highest BCUT2D eigenvalue weighted by Crippen LogP contribution is 2.14. The van der Waals surface area contributed by atoms with E-state index in [-0.39, 0.29) is 17.5 Å².